The van der Waals surface area contributed by atoms with E-state index >= 15 is 0 Å². The molecule has 1 aromatic heterocycles. The fourth-order valence-electron chi connectivity index (χ4n) is 2.44. The highest BCUT2D eigenvalue weighted by molar-refractivity contribution is 5.97. The highest BCUT2D eigenvalue weighted by atomic mass is 16.2. The van der Waals surface area contributed by atoms with Crippen LogP contribution in [0.25, 0.3) is 0 Å². The molecule has 0 radical (unpaired) electrons. The summed E-state index contributed by atoms with van der Waals surface area (Å²) in [5, 5.41) is 12.8. The maximum Gasteiger partial charge on any atom is 0.251 e. The summed E-state index contributed by atoms with van der Waals surface area (Å²) in [6, 6.07) is 8.88. The fourth-order valence-corrected chi connectivity index (χ4v) is 2.44. The molecule has 2 rings (SSSR count). The van der Waals surface area contributed by atoms with Gasteiger partial charge in [0.1, 0.15) is 0 Å². The SMILES string of the molecule is CCCC(=O)Nc1cccc(C(=O)N[C@@H](C)Cc2cc(C)[nH]n2)c1. The van der Waals surface area contributed by atoms with Gasteiger partial charge >= 0.3 is 0 Å². The van der Waals surface area contributed by atoms with Gasteiger partial charge in [-0.25, -0.2) is 0 Å². The van der Waals surface area contributed by atoms with Crippen LogP contribution in [-0.2, 0) is 11.2 Å². The van der Waals surface area contributed by atoms with Gasteiger partial charge in [-0.2, -0.15) is 5.10 Å². The first-order chi connectivity index (χ1) is 11.5. The number of H-pyrrole nitrogens is 1. The number of nitrogens with one attached hydrogen (secondary N) is 3. The Morgan fingerprint density at radius 2 is 2.08 bits per heavy atom. The quantitative estimate of drug-likeness (QED) is 0.730. The van der Waals surface area contributed by atoms with Crippen molar-refractivity contribution in [2.45, 2.75) is 46.1 Å². The number of aromatic nitrogens is 2. The molecule has 1 heterocycles. The molecule has 2 aromatic rings. The Kier molecular flexibility index (Phi) is 6.12. The zero-order valence-electron chi connectivity index (χ0n) is 14.3. The number of benzene rings is 1. The second kappa shape index (κ2) is 8.29. The lowest BCUT2D eigenvalue weighted by Crippen LogP contribution is -2.34. The highest BCUT2D eigenvalue weighted by Gasteiger charge is 2.12. The zero-order chi connectivity index (χ0) is 17.5. The lowest BCUT2D eigenvalue weighted by Gasteiger charge is -2.13. The number of aromatic amines is 1. The summed E-state index contributed by atoms with van der Waals surface area (Å²) in [7, 11) is 0. The van der Waals surface area contributed by atoms with E-state index in [2.05, 4.69) is 20.8 Å². The number of hydrogen-bond acceptors (Lipinski definition) is 3. The standard InChI is InChI=1S/C18H24N4O2/c1-4-6-17(23)20-15-8-5-7-14(11-15)18(24)19-12(2)9-16-10-13(3)21-22-16/h5,7-8,10-12H,4,6,9H2,1-3H3,(H,19,24)(H,20,23)(H,21,22)/t12-/m0/s1. The molecular formula is C18H24N4O2. The third-order valence-corrected chi connectivity index (χ3v) is 3.54. The first-order valence-corrected chi connectivity index (χ1v) is 8.19. The number of nitrogens with zero attached hydrogens (tertiary/aromatic N) is 1. The third kappa shape index (κ3) is 5.22. The van der Waals surface area contributed by atoms with Crippen molar-refractivity contribution in [3.63, 3.8) is 0 Å². The van der Waals surface area contributed by atoms with Gasteiger partial charge in [0.15, 0.2) is 0 Å². The van der Waals surface area contributed by atoms with Crippen LogP contribution < -0.4 is 10.6 Å². The van der Waals surface area contributed by atoms with E-state index in [4.69, 9.17) is 0 Å². The second-order valence-electron chi connectivity index (χ2n) is 6.00. The van der Waals surface area contributed by atoms with Gasteiger partial charge < -0.3 is 10.6 Å². The van der Waals surface area contributed by atoms with Gasteiger partial charge in [0.25, 0.3) is 5.91 Å². The topological polar surface area (TPSA) is 86.9 Å². The molecule has 3 N–H and O–H groups in total. The number of aryl methyl sites for hydroxylation is 1. The van der Waals surface area contributed by atoms with Crippen LogP contribution in [0.1, 0.15) is 48.4 Å². The van der Waals surface area contributed by atoms with Crippen molar-refractivity contribution in [3.8, 4) is 0 Å². The Morgan fingerprint density at radius 1 is 1.29 bits per heavy atom. The normalized spacial score (nSPS) is 11.8. The number of carbonyl (C=O) groups is 2. The predicted octanol–water partition coefficient (Wildman–Crippen LogP) is 2.82. The van der Waals surface area contributed by atoms with E-state index in [0.29, 0.717) is 24.1 Å². The van der Waals surface area contributed by atoms with Crippen LogP contribution in [0.15, 0.2) is 30.3 Å². The van der Waals surface area contributed by atoms with E-state index in [0.717, 1.165) is 17.8 Å². The Bertz CT molecular complexity index is 709. The summed E-state index contributed by atoms with van der Waals surface area (Å²) in [6.07, 6.45) is 1.91. The van der Waals surface area contributed by atoms with Crippen molar-refractivity contribution in [1.82, 2.24) is 15.5 Å². The van der Waals surface area contributed by atoms with Gasteiger partial charge in [-0.3, -0.25) is 14.7 Å². The minimum absolute atomic E-state index is 0.0430. The average Bonchev–Trinajstić information content (AvgIpc) is 2.92. The maximum atomic E-state index is 12.4. The summed E-state index contributed by atoms with van der Waals surface area (Å²) in [5.41, 5.74) is 3.07. The lowest BCUT2D eigenvalue weighted by molar-refractivity contribution is -0.116. The molecule has 1 aromatic carbocycles. The van der Waals surface area contributed by atoms with Crippen LogP contribution in [-0.4, -0.2) is 28.1 Å². The van der Waals surface area contributed by atoms with E-state index in [9.17, 15) is 9.59 Å². The van der Waals surface area contributed by atoms with Crippen LogP contribution in [0, 0.1) is 6.92 Å². The summed E-state index contributed by atoms with van der Waals surface area (Å²) < 4.78 is 0. The molecule has 128 valence electrons. The predicted molar refractivity (Wildman–Crippen MR) is 93.9 cm³/mol. The molecular weight excluding hydrogens is 304 g/mol. The van der Waals surface area contributed by atoms with Crippen molar-refractivity contribution in [1.29, 1.82) is 0 Å². The average molecular weight is 328 g/mol. The molecule has 0 bridgehead atoms. The van der Waals surface area contributed by atoms with Gasteiger partial charge in [0.05, 0.1) is 5.69 Å². The maximum absolute atomic E-state index is 12.4. The summed E-state index contributed by atoms with van der Waals surface area (Å²) in [5.74, 6) is -0.210. The Morgan fingerprint density at radius 3 is 2.75 bits per heavy atom. The number of rotatable bonds is 7. The molecule has 24 heavy (non-hydrogen) atoms. The van der Waals surface area contributed by atoms with Crippen molar-refractivity contribution in [2.75, 3.05) is 5.32 Å². The highest BCUT2D eigenvalue weighted by Crippen LogP contribution is 2.12. The van der Waals surface area contributed by atoms with Gasteiger partial charge in [-0.1, -0.05) is 13.0 Å². The van der Waals surface area contributed by atoms with Crippen LogP contribution in [0.2, 0.25) is 0 Å². The monoisotopic (exact) mass is 328 g/mol. The molecule has 0 aliphatic carbocycles. The Labute approximate surface area is 142 Å². The number of anilines is 1. The minimum Gasteiger partial charge on any atom is -0.349 e. The first kappa shape index (κ1) is 17.7. The molecule has 2 amide bonds. The van der Waals surface area contributed by atoms with Gasteiger partial charge in [-0.05, 0) is 44.5 Å². The van der Waals surface area contributed by atoms with Crippen molar-refractivity contribution < 1.29 is 9.59 Å². The number of amides is 2. The molecule has 0 spiro atoms. The number of hydrogen-bond donors (Lipinski definition) is 3. The van der Waals surface area contributed by atoms with Crippen molar-refractivity contribution >= 4 is 17.5 Å². The fraction of sp³-hybridized carbons (Fsp3) is 0.389. The molecule has 1 atom stereocenters. The minimum atomic E-state index is -0.165. The molecule has 0 aliphatic rings. The van der Waals surface area contributed by atoms with E-state index < -0.39 is 0 Å². The van der Waals surface area contributed by atoms with Gasteiger partial charge in [0.2, 0.25) is 5.91 Å². The van der Waals surface area contributed by atoms with E-state index in [1.54, 1.807) is 24.3 Å². The molecule has 6 nitrogen and oxygen atoms in total. The lowest BCUT2D eigenvalue weighted by atomic mass is 10.1. The van der Waals surface area contributed by atoms with E-state index in [1.807, 2.05) is 26.8 Å². The third-order valence-electron chi connectivity index (χ3n) is 3.54. The van der Waals surface area contributed by atoms with Crippen molar-refractivity contribution in [3.05, 3.63) is 47.3 Å². The molecule has 0 saturated heterocycles. The molecule has 0 saturated carbocycles. The van der Waals surface area contributed by atoms with Crippen LogP contribution >= 0.6 is 0 Å². The molecule has 6 heteroatoms. The smallest absolute Gasteiger partial charge is 0.251 e. The van der Waals surface area contributed by atoms with Crippen LogP contribution in [0.5, 0.6) is 0 Å². The molecule has 0 fully saturated rings. The zero-order valence-corrected chi connectivity index (χ0v) is 14.3. The largest absolute Gasteiger partial charge is 0.349 e. The van der Waals surface area contributed by atoms with Crippen molar-refractivity contribution in [2.24, 2.45) is 0 Å². The summed E-state index contributed by atoms with van der Waals surface area (Å²) in [6.45, 7) is 5.83. The summed E-state index contributed by atoms with van der Waals surface area (Å²) in [4.78, 5) is 24.0. The Balaban J connectivity index is 1.95. The van der Waals surface area contributed by atoms with Gasteiger partial charge in [-0.15, -0.1) is 0 Å². The van der Waals surface area contributed by atoms with Crippen LogP contribution in [0.4, 0.5) is 5.69 Å². The van der Waals surface area contributed by atoms with Crippen LogP contribution in [0.3, 0.4) is 0 Å². The Hall–Kier alpha value is -2.63. The van der Waals surface area contributed by atoms with Gasteiger partial charge in [0, 0.05) is 35.8 Å². The number of carbonyl (C=O) groups excluding carboxylic acids is 2. The molecule has 0 unspecified atom stereocenters. The van der Waals surface area contributed by atoms with E-state index in [1.165, 1.54) is 0 Å². The van der Waals surface area contributed by atoms with E-state index in [-0.39, 0.29) is 17.9 Å². The summed E-state index contributed by atoms with van der Waals surface area (Å²) >= 11 is 0. The first-order valence-electron chi connectivity index (χ1n) is 8.19. The molecule has 0 aliphatic heterocycles. The second-order valence-corrected chi connectivity index (χ2v) is 6.00.